The molecule has 0 fully saturated rings. The second-order valence-electron chi connectivity index (χ2n) is 4.21. The Morgan fingerprint density at radius 1 is 1.37 bits per heavy atom. The van der Waals surface area contributed by atoms with Crippen LogP contribution in [0, 0.1) is 3.57 Å². The number of benzene rings is 1. The zero-order chi connectivity index (χ0) is 13.8. The van der Waals surface area contributed by atoms with Crippen LogP contribution in [0.4, 0.5) is 0 Å². The maximum Gasteiger partial charge on any atom is 0.148 e. The summed E-state index contributed by atoms with van der Waals surface area (Å²) in [4.78, 5) is 1.15. The zero-order valence-corrected chi connectivity index (χ0v) is 15.0. The topological polar surface area (TPSA) is 35.2 Å². The predicted octanol–water partition coefficient (Wildman–Crippen LogP) is 4.97. The van der Waals surface area contributed by atoms with Gasteiger partial charge in [0, 0.05) is 14.5 Å². The molecular weight excluding hydrogens is 437 g/mol. The Bertz CT molecular complexity index is 546. The zero-order valence-electron chi connectivity index (χ0n) is 10.5. The molecule has 102 valence electrons. The lowest BCUT2D eigenvalue weighted by molar-refractivity contribution is 0.174. The molecule has 0 aliphatic rings. The molecule has 2 unspecified atom stereocenters. The minimum atomic E-state index is -0.0977. The second-order valence-corrected chi connectivity index (χ2v) is 7.95. The molecular formula is C14H15BrINOS. The molecule has 0 bridgehead atoms. The summed E-state index contributed by atoms with van der Waals surface area (Å²) in [5, 5.41) is 0. The first-order valence-electron chi connectivity index (χ1n) is 6.03. The standard InChI is InChI=1S/C14H15BrINOS/c1-2-11(17)14(12-6-7-13(15)19-12)18-10-5-3-4-9(16)8-10/h3-8,11,14H,2,17H2,1H3. The van der Waals surface area contributed by atoms with Gasteiger partial charge in [-0.2, -0.15) is 0 Å². The molecule has 0 saturated heterocycles. The normalized spacial score (nSPS) is 14.1. The first kappa shape index (κ1) is 15.3. The largest absolute Gasteiger partial charge is 0.483 e. The van der Waals surface area contributed by atoms with E-state index in [4.69, 9.17) is 10.5 Å². The minimum Gasteiger partial charge on any atom is -0.483 e. The molecule has 5 heteroatoms. The predicted molar refractivity (Wildman–Crippen MR) is 92.8 cm³/mol. The van der Waals surface area contributed by atoms with Crippen molar-refractivity contribution < 1.29 is 4.74 Å². The van der Waals surface area contributed by atoms with E-state index in [0.717, 1.165) is 24.4 Å². The summed E-state index contributed by atoms with van der Waals surface area (Å²) in [6, 6.07) is 12.1. The van der Waals surface area contributed by atoms with Crippen molar-refractivity contribution in [3.05, 3.63) is 48.6 Å². The van der Waals surface area contributed by atoms with Gasteiger partial charge < -0.3 is 10.5 Å². The van der Waals surface area contributed by atoms with Crippen LogP contribution in [-0.4, -0.2) is 6.04 Å². The van der Waals surface area contributed by atoms with Crippen LogP contribution in [0.2, 0.25) is 0 Å². The van der Waals surface area contributed by atoms with Gasteiger partial charge in [0.25, 0.3) is 0 Å². The van der Waals surface area contributed by atoms with Gasteiger partial charge in [0.05, 0.1) is 3.79 Å². The van der Waals surface area contributed by atoms with Crippen molar-refractivity contribution >= 4 is 49.9 Å². The molecule has 0 spiro atoms. The number of ether oxygens (including phenoxy) is 1. The van der Waals surface area contributed by atoms with Gasteiger partial charge in [-0.05, 0) is 75.3 Å². The Labute approximate surface area is 139 Å². The summed E-state index contributed by atoms with van der Waals surface area (Å²) in [6.45, 7) is 2.08. The molecule has 2 atom stereocenters. The number of rotatable bonds is 5. The van der Waals surface area contributed by atoms with Gasteiger partial charge in [0.1, 0.15) is 11.9 Å². The van der Waals surface area contributed by atoms with Crippen LogP contribution in [0.3, 0.4) is 0 Å². The van der Waals surface area contributed by atoms with Gasteiger partial charge in [0.2, 0.25) is 0 Å². The molecule has 2 N–H and O–H groups in total. The van der Waals surface area contributed by atoms with Crippen molar-refractivity contribution in [1.82, 2.24) is 0 Å². The highest BCUT2D eigenvalue weighted by Crippen LogP contribution is 2.33. The fraction of sp³-hybridized carbons (Fsp3) is 0.286. The highest BCUT2D eigenvalue weighted by Gasteiger charge is 2.22. The van der Waals surface area contributed by atoms with Crippen LogP contribution in [-0.2, 0) is 0 Å². The molecule has 1 heterocycles. The van der Waals surface area contributed by atoms with Crippen LogP contribution in [0.15, 0.2) is 40.2 Å². The maximum absolute atomic E-state index is 6.21. The van der Waals surface area contributed by atoms with E-state index in [-0.39, 0.29) is 12.1 Å². The summed E-state index contributed by atoms with van der Waals surface area (Å²) >= 11 is 7.44. The SMILES string of the molecule is CCC(N)C(Oc1cccc(I)c1)c1ccc(Br)s1. The lowest BCUT2D eigenvalue weighted by atomic mass is 10.1. The van der Waals surface area contributed by atoms with E-state index in [1.165, 1.54) is 0 Å². The summed E-state index contributed by atoms with van der Waals surface area (Å²) < 4.78 is 8.36. The van der Waals surface area contributed by atoms with Gasteiger partial charge in [-0.25, -0.2) is 0 Å². The van der Waals surface area contributed by atoms with E-state index in [1.54, 1.807) is 11.3 Å². The van der Waals surface area contributed by atoms with Crippen LogP contribution < -0.4 is 10.5 Å². The molecule has 1 aromatic heterocycles. The van der Waals surface area contributed by atoms with Crippen LogP contribution in [0.1, 0.15) is 24.3 Å². The van der Waals surface area contributed by atoms with E-state index in [2.05, 4.69) is 51.5 Å². The van der Waals surface area contributed by atoms with Crippen molar-refractivity contribution in [2.24, 2.45) is 5.73 Å². The fourth-order valence-electron chi connectivity index (χ4n) is 1.74. The van der Waals surface area contributed by atoms with E-state index < -0.39 is 0 Å². The molecule has 0 amide bonds. The highest BCUT2D eigenvalue weighted by atomic mass is 127. The van der Waals surface area contributed by atoms with Crippen molar-refractivity contribution in [2.75, 3.05) is 0 Å². The molecule has 2 nitrogen and oxygen atoms in total. The molecule has 19 heavy (non-hydrogen) atoms. The van der Waals surface area contributed by atoms with E-state index in [1.807, 2.05) is 30.3 Å². The average Bonchev–Trinajstić information content (AvgIpc) is 2.81. The molecule has 0 radical (unpaired) electrons. The lowest BCUT2D eigenvalue weighted by Gasteiger charge is -2.23. The Balaban J connectivity index is 2.24. The van der Waals surface area contributed by atoms with E-state index >= 15 is 0 Å². The quantitative estimate of drug-likeness (QED) is 0.651. The van der Waals surface area contributed by atoms with Gasteiger partial charge in [-0.1, -0.05) is 13.0 Å². The van der Waals surface area contributed by atoms with Gasteiger partial charge in [-0.15, -0.1) is 11.3 Å². The third kappa shape index (κ3) is 4.18. The lowest BCUT2D eigenvalue weighted by Crippen LogP contribution is -2.30. The number of nitrogens with two attached hydrogens (primary N) is 1. The monoisotopic (exact) mass is 451 g/mol. The fourth-order valence-corrected chi connectivity index (χ4v) is 3.78. The molecule has 0 aliphatic carbocycles. The number of hydrogen-bond donors (Lipinski definition) is 1. The Morgan fingerprint density at radius 2 is 2.16 bits per heavy atom. The molecule has 1 aromatic carbocycles. The van der Waals surface area contributed by atoms with Crippen LogP contribution >= 0.6 is 49.9 Å². The summed E-state index contributed by atoms with van der Waals surface area (Å²) in [6.07, 6.45) is 0.781. The van der Waals surface area contributed by atoms with E-state index in [0.29, 0.717) is 0 Å². The van der Waals surface area contributed by atoms with Crippen LogP contribution in [0.25, 0.3) is 0 Å². The van der Waals surface area contributed by atoms with Crippen molar-refractivity contribution in [3.63, 3.8) is 0 Å². The number of thiophene rings is 1. The molecule has 0 saturated carbocycles. The highest BCUT2D eigenvalue weighted by molar-refractivity contribution is 14.1. The molecule has 2 rings (SSSR count). The van der Waals surface area contributed by atoms with E-state index in [9.17, 15) is 0 Å². The van der Waals surface area contributed by atoms with Gasteiger partial charge in [0.15, 0.2) is 0 Å². The van der Waals surface area contributed by atoms with Crippen molar-refractivity contribution in [3.8, 4) is 5.75 Å². The Hall–Kier alpha value is -0.110. The van der Waals surface area contributed by atoms with Gasteiger partial charge >= 0.3 is 0 Å². The maximum atomic E-state index is 6.21. The Morgan fingerprint density at radius 3 is 2.74 bits per heavy atom. The second kappa shape index (κ2) is 7.06. The number of hydrogen-bond acceptors (Lipinski definition) is 3. The summed E-state index contributed by atoms with van der Waals surface area (Å²) in [5.74, 6) is 0.866. The van der Waals surface area contributed by atoms with Crippen molar-refractivity contribution in [1.29, 1.82) is 0 Å². The minimum absolute atomic E-state index is 0.0107. The van der Waals surface area contributed by atoms with Crippen LogP contribution in [0.5, 0.6) is 5.75 Å². The first-order valence-corrected chi connectivity index (χ1v) is 8.72. The van der Waals surface area contributed by atoms with Crippen molar-refractivity contribution in [2.45, 2.75) is 25.5 Å². The molecule has 0 aliphatic heterocycles. The summed E-state index contributed by atoms with van der Waals surface area (Å²) in [7, 11) is 0. The smallest absolute Gasteiger partial charge is 0.148 e. The number of halogens is 2. The third-order valence-corrected chi connectivity index (χ3v) is 5.15. The van der Waals surface area contributed by atoms with Gasteiger partial charge in [-0.3, -0.25) is 0 Å². The Kier molecular flexibility index (Phi) is 5.68. The average molecular weight is 452 g/mol. The molecule has 2 aromatic rings. The summed E-state index contributed by atoms with van der Waals surface area (Å²) in [5.41, 5.74) is 6.21. The third-order valence-electron chi connectivity index (χ3n) is 2.79. The first-order chi connectivity index (χ1) is 9.10.